The van der Waals surface area contributed by atoms with Crippen LogP contribution in [-0.4, -0.2) is 27.9 Å². The van der Waals surface area contributed by atoms with E-state index in [2.05, 4.69) is 34.5 Å². The summed E-state index contributed by atoms with van der Waals surface area (Å²) >= 11 is 0. The van der Waals surface area contributed by atoms with E-state index in [4.69, 9.17) is 4.52 Å². The van der Waals surface area contributed by atoms with Gasteiger partial charge in [0.15, 0.2) is 0 Å². The average molecular weight is 259 g/mol. The maximum absolute atomic E-state index is 9.49. The second-order valence-corrected chi connectivity index (χ2v) is 4.86. The van der Waals surface area contributed by atoms with E-state index in [1.165, 1.54) is 5.56 Å². The average Bonchev–Trinajstić information content (AvgIpc) is 3.07. The van der Waals surface area contributed by atoms with Crippen molar-refractivity contribution < 1.29 is 9.63 Å². The highest BCUT2D eigenvalue weighted by atomic mass is 16.5. The summed E-state index contributed by atoms with van der Waals surface area (Å²) in [5.74, 6) is 1.15. The molecule has 5 heteroatoms. The largest absolute Gasteiger partial charge is 0.392 e. The molecule has 2 aromatic rings. The van der Waals surface area contributed by atoms with Gasteiger partial charge in [0.1, 0.15) is 0 Å². The smallest absolute Gasteiger partial charge is 0.244 e. The van der Waals surface area contributed by atoms with Crippen molar-refractivity contribution in [3.05, 3.63) is 35.7 Å². The van der Waals surface area contributed by atoms with Crippen molar-refractivity contribution in [1.82, 2.24) is 15.5 Å². The Balaban J connectivity index is 1.80. The van der Waals surface area contributed by atoms with E-state index >= 15 is 0 Å². The van der Waals surface area contributed by atoms with E-state index in [1.807, 2.05) is 12.1 Å². The number of aromatic nitrogens is 2. The van der Waals surface area contributed by atoms with Crippen LogP contribution in [0.3, 0.4) is 0 Å². The van der Waals surface area contributed by atoms with Gasteiger partial charge in [0.2, 0.25) is 11.7 Å². The molecule has 1 aromatic carbocycles. The van der Waals surface area contributed by atoms with Crippen molar-refractivity contribution in [1.29, 1.82) is 0 Å². The van der Waals surface area contributed by atoms with Crippen LogP contribution in [0.15, 0.2) is 28.8 Å². The van der Waals surface area contributed by atoms with Gasteiger partial charge in [-0.15, -0.1) is 0 Å². The maximum atomic E-state index is 9.49. The summed E-state index contributed by atoms with van der Waals surface area (Å²) in [5.41, 5.74) is 2.23. The van der Waals surface area contributed by atoms with Crippen molar-refractivity contribution in [2.45, 2.75) is 31.9 Å². The van der Waals surface area contributed by atoms with Gasteiger partial charge in [-0.25, -0.2) is 0 Å². The summed E-state index contributed by atoms with van der Waals surface area (Å²) in [6.07, 6.45) is 1.31. The molecule has 1 fully saturated rings. The Morgan fingerprint density at radius 2 is 2.16 bits per heavy atom. The van der Waals surface area contributed by atoms with Gasteiger partial charge in [0.05, 0.1) is 12.1 Å². The topological polar surface area (TPSA) is 71.2 Å². The first-order chi connectivity index (χ1) is 9.26. The van der Waals surface area contributed by atoms with Crippen LogP contribution in [0.1, 0.15) is 30.8 Å². The minimum Gasteiger partial charge on any atom is -0.392 e. The van der Waals surface area contributed by atoms with Crippen LogP contribution >= 0.6 is 0 Å². The number of aryl methyl sites for hydroxylation is 1. The molecule has 0 spiro atoms. The predicted octanol–water partition coefficient (Wildman–Crippen LogP) is 1.69. The molecule has 19 heavy (non-hydrogen) atoms. The number of nitrogens with one attached hydrogen (secondary N) is 1. The van der Waals surface area contributed by atoms with Gasteiger partial charge >= 0.3 is 0 Å². The Morgan fingerprint density at radius 3 is 2.79 bits per heavy atom. The molecule has 1 aliphatic rings. The van der Waals surface area contributed by atoms with E-state index < -0.39 is 0 Å². The molecule has 1 aliphatic heterocycles. The maximum Gasteiger partial charge on any atom is 0.244 e. The summed E-state index contributed by atoms with van der Waals surface area (Å²) in [6.45, 7) is 2.70. The second kappa shape index (κ2) is 5.11. The highest BCUT2D eigenvalue weighted by molar-refractivity contribution is 5.54. The minimum atomic E-state index is -0.329. The van der Waals surface area contributed by atoms with E-state index in [0.717, 1.165) is 12.0 Å². The van der Waals surface area contributed by atoms with Gasteiger partial charge < -0.3 is 14.9 Å². The van der Waals surface area contributed by atoms with Crippen molar-refractivity contribution in [2.75, 3.05) is 6.54 Å². The predicted molar refractivity (Wildman–Crippen MR) is 70.5 cm³/mol. The standard InChI is InChI=1S/C14H17N3O2/c1-2-9-3-5-10(6-4-9)13-16-14(19-17-13)12-7-11(18)8-15-12/h3-6,11-12,15,18H,2,7-8H2,1H3/t11-,12+/m0/s1. The summed E-state index contributed by atoms with van der Waals surface area (Å²) in [4.78, 5) is 4.40. The van der Waals surface area contributed by atoms with Gasteiger partial charge in [-0.3, -0.25) is 0 Å². The molecular weight excluding hydrogens is 242 g/mol. The van der Waals surface area contributed by atoms with Gasteiger partial charge in [-0.1, -0.05) is 36.3 Å². The molecule has 3 rings (SSSR count). The zero-order valence-electron chi connectivity index (χ0n) is 10.8. The quantitative estimate of drug-likeness (QED) is 0.877. The lowest BCUT2D eigenvalue weighted by atomic mass is 10.1. The van der Waals surface area contributed by atoms with Crippen LogP contribution in [0.25, 0.3) is 11.4 Å². The number of β-amino-alcohol motifs (C(OH)–C–C–N with tert-alkyl or cyclic N) is 1. The summed E-state index contributed by atoms with van der Waals surface area (Å²) in [5, 5.41) is 16.7. The van der Waals surface area contributed by atoms with Gasteiger partial charge in [0, 0.05) is 12.1 Å². The Bertz CT molecular complexity index is 550. The summed E-state index contributed by atoms with van der Waals surface area (Å²) < 4.78 is 5.27. The van der Waals surface area contributed by atoms with Crippen molar-refractivity contribution in [3.63, 3.8) is 0 Å². The SMILES string of the molecule is CCc1ccc(-c2noc([C@H]3C[C@H](O)CN3)n2)cc1. The number of nitrogens with zero attached hydrogens (tertiary/aromatic N) is 2. The van der Waals surface area contributed by atoms with E-state index in [9.17, 15) is 5.11 Å². The zero-order chi connectivity index (χ0) is 13.2. The molecule has 0 radical (unpaired) electrons. The zero-order valence-corrected chi connectivity index (χ0v) is 10.8. The molecule has 1 aromatic heterocycles. The number of aliphatic hydroxyl groups is 1. The van der Waals surface area contributed by atoms with Gasteiger partial charge in [0.25, 0.3) is 0 Å². The lowest BCUT2D eigenvalue weighted by Gasteiger charge is -2.01. The molecule has 2 N–H and O–H groups in total. The van der Waals surface area contributed by atoms with Crippen LogP contribution in [0, 0.1) is 0 Å². The highest BCUT2D eigenvalue weighted by Crippen LogP contribution is 2.24. The third kappa shape index (κ3) is 2.52. The number of aliphatic hydroxyl groups excluding tert-OH is 1. The van der Waals surface area contributed by atoms with Crippen LogP contribution in [0.5, 0.6) is 0 Å². The number of hydrogen-bond donors (Lipinski definition) is 2. The normalized spacial score (nSPS) is 22.8. The van der Waals surface area contributed by atoms with Crippen LogP contribution in [0.4, 0.5) is 0 Å². The molecule has 5 nitrogen and oxygen atoms in total. The molecular formula is C14H17N3O2. The molecule has 100 valence electrons. The monoisotopic (exact) mass is 259 g/mol. The summed E-state index contributed by atoms with van der Waals surface area (Å²) in [6, 6.07) is 8.12. The van der Waals surface area contributed by atoms with Gasteiger partial charge in [-0.2, -0.15) is 4.98 Å². The Kier molecular flexibility index (Phi) is 3.31. The molecule has 0 amide bonds. The Hall–Kier alpha value is -1.72. The first-order valence-corrected chi connectivity index (χ1v) is 6.60. The van der Waals surface area contributed by atoms with Gasteiger partial charge in [-0.05, 0) is 18.4 Å². The van der Waals surface area contributed by atoms with Crippen molar-refractivity contribution >= 4 is 0 Å². The fourth-order valence-corrected chi connectivity index (χ4v) is 2.29. The minimum absolute atomic E-state index is 0.0360. The number of rotatable bonds is 3. The fourth-order valence-electron chi connectivity index (χ4n) is 2.29. The number of benzene rings is 1. The molecule has 0 aliphatic carbocycles. The number of hydrogen-bond acceptors (Lipinski definition) is 5. The molecule has 2 heterocycles. The van der Waals surface area contributed by atoms with Crippen molar-refractivity contribution in [3.8, 4) is 11.4 Å². The van der Waals surface area contributed by atoms with E-state index in [0.29, 0.717) is 24.7 Å². The molecule has 0 unspecified atom stereocenters. The second-order valence-electron chi connectivity index (χ2n) is 4.86. The van der Waals surface area contributed by atoms with E-state index in [-0.39, 0.29) is 12.1 Å². The highest BCUT2D eigenvalue weighted by Gasteiger charge is 2.28. The third-order valence-corrected chi connectivity index (χ3v) is 3.47. The molecule has 0 bridgehead atoms. The van der Waals surface area contributed by atoms with Crippen LogP contribution in [-0.2, 0) is 6.42 Å². The molecule has 0 saturated carbocycles. The van der Waals surface area contributed by atoms with Crippen molar-refractivity contribution in [2.24, 2.45) is 0 Å². The van der Waals surface area contributed by atoms with E-state index in [1.54, 1.807) is 0 Å². The van der Waals surface area contributed by atoms with Crippen LogP contribution in [0.2, 0.25) is 0 Å². The fraction of sp³-hybridized carbons (Fsp3) is 0.429. The molecule has 2 atom stereocenters. The lowest BCUT2D eigenvalue weighted by molar-refractivity contribution is 0.191. The summed E-state index contributed by atoms with van der Waals surface area (Å²) in [7, 11) is 0. The first kappa shape index (κ1) is 12.3. The molecule has 1 saturated heterocycles. The first-order valence-electron chi connectivity index (χ1n) is 6.60. The third-order valence-electron chi connectivity index (χ3n) is 3.47. The lowest BCUT2D eigenvalue weighted by Crippen LogP contribution is -2.15. The van der Waals surface area contributed by atoms with Crippen LogP contribution < -0.4 is 5.32 Å². The Morgan fingerprint density at radius 1 is 1.37 bits per heavy atom. The Labute approximate surface area is 111 Å².